The number of amides is 6. The lowest BCUT2D eigenvalue weighted by Gasteiger charge is -2.37. The Bertz CT molecular complexity index is 1430. The average molecular weight is 984 g/mol. The van der Waals surface area contributed by atoms with Gasteiger partial charge >= 0.3 is 0 Å². The standard InChI is InChI=1S/C10H19NO.C9H17NO.C9H18O.C8H17NO.2C7H15NO.C6H13NO/c1-8(2)10-4-6-11(7-5-10)9(3)12;1-7(2)9-4-5-10(6-9)8(3)11;1-8(2)9(3)4-6-10-7-5-9;1-8(2,3)6-7(10)9(4)5;1-7(2,3)5-6(9)8-4;1-7(2,3)5-4-6(8)9;1-6(2,3)4-5(7)8/h8,10H,4-7H2,1-3H3;7,9H,4-6H2,1-3H3;8H,4-7H2,1-3H3;6H2,1-5H3;5H2,1-4H3,(H,8,9);4-5H2,1-3H3,(H2,8,9);4H2,1-3H3,(H2,7,8). The van der Waals surface area contributed by atoms with Crippen molar-refractivity contribution < 1.29 is 33.5 Å². The van der Waals surface area contributed by atoms with Gasteiger partial charge in [-0.2, -0.15) is 0 Å². The van der Waals surface area contributed by atoms with Gasteiger partial charge in [-0.3, -0.25) is 28.8 Å². The number of carbonyl (C=O) groups excluding carboxylic acids is 6. The Morgan fingerprint density at radius 2 is 1.01 bits per heavy atom. The SMILES string of the molecule is CC(=O)N1CCC(C(C)C)C1.CC(=O)N1CCC(C(C)C)CC1.CC(C)(C)CC(N)=O.CC(C)(C)CCC(N)=O.CC(C)C1(C)CCOCC1.CN(C)C(=O)CC(C)(C)C.CNC(=O)CC(C)(C)C. The van der Waals surface area contributed by atoms with Gasteiger partial charge in [0, 0.05) is 100 Å². The Morgan fingerprint density at radius 3 is 1.20 bits per heavy atom. The van der Waals surface area contributed by atoms with E-state index in [1.807, 2.05) is 51.3 Å². The lowest BCUT2D eigenvalue weighted by molar-refractivity contribution is -0.131. The molecular weight excluding hydrogens is 869 g/mol. The molecule has 3 heterocycles. The highest BCUT2D eigenvalue weighted by Crippen LogP contribution is 2.37. The third-order valence-electron chi connectivity index (χ3n) is 12.5. The molecule has 0 saturated carbocycles. The molecule has 0 aromatic carbocycles. The number of primary amides is 2. The number of piperidine rings is 1. The Kier molecular flexibility index (Phi) is 36.7. The average Bonchev–Trinajstić information content (AvgIpc) is 3.68. The van der Waals surface area contributed by atoms with Gasteiger partial charge in [0.2, 0.25) is 35.4 Å². The first-order valence-electron chi connectivity index (χ1n) is 26.0. The lowest BCUT2D eigenvalue weighted by atomic mass is 9.73. The van der Waals surface area contributed by atoms with Gasteiger partial charge in [-0.25, -0.2) is 0 Å². The molecule has 3 fully saturated rings. The van der Waals surface area contributed by atoms with Gasteiger partial charge in [-0.15, -0.1) is 0 Å². The van der Waals surface area contributed by atoms with Crippen molar-refractivity contribution in [2.24, 2.45) is 68.1 Å². The van der Waals surface area contributed by atoms with Crippen molar-refractivity contribution in [1.29, 1.82) is 0 Å². The highest BCUT2D eigenvalue weighted by molar-refractivity contribution is 5.77. The molecule has 5 N–H and O–H groups in total. The molecule has 0 radical (unpaired) electrons. The Balaban J connectivity index is -0.000000359. The second kappa shape index (κ2) is 35.0. The molecule has 3 aliphatic heterocycles. The number of rotatable bonds is 8. The van der Waals surface area contributed by atoms with Gasteiger partial charge < -0.3 is 36.2 Å². The van der Waals surface area contributed by atoms with Crippen LogP contribution in [-0.4, -0.2) is 111 Å². The summed E-state index contributed by atoms with van der Waals surface area (Å²) >= 11 is 0. The molecule has 13 nitrogen and oxygen atoms in total. The molecule has 0 aromatic rings. The molecule has 0 spiro atoms. The number of hydrogen-bond acceptors (Lipinski definition) is 7. The van der Waals surface area contributed by atoms with Crippen molar-refractivity contribution in [3.8, 4) is 0 Å². The predicted octanol–water partition coefficient (Wildman–Crippen LogP) is 10.8. The zero-order valence-corrected chi connectivity index (χ0v) is 49.6. The van der Waals surface area contributed by atoms with Crippen LogP contribution in [-0.2, 0) is 33.5 Å². The summed E-state index contributed by atoms with van der Waals surface area (Å²) in [5.74, 6) is 4.22. The van der Waals surface area contributed by atoms with Crippen LogP contribution in [0, 0.1) is 56.7 Å². The molecule has 1 atom stereocenters. The summed E-state index contributed by atoms with van der Waals surface area (Å²) in [6.07, 6.45) is 9.13. The van der Waals surface area contributed by atoms with E-state index in [9.17, 15) is 28.8 Å². The number of likely N-dealkylation sites (tertiary alicyclic amines) is 2. The fourth-order valence-electron chi connectivity index (χ4n) is 7.12. The van der Waals surface area contributed by atoms with Crippen LogP contribution < -0.4 is 16.8 Å². The van der Waals surface area contributed by atoms with Gasteiger partial charge in [-0.05, 0) is 95.2 Å². The fourth-order valence-corrected chi connectivity index (χ4v) is 7.12. The maximum atomic E-state index is 11.1. The number of hydrogen-bond donors (Lipinski definition) is 3. The Hall–Kier alpha value is -3.22. The summed E-state index contributed by atoms with van der Waals surface area (Å²) in [6.45, 7) is 49.7. The molecular formula is C56H114N6O7. The highest BCUT2D eigenvalue weighted by atomic mass is 16.5. The number of nitrogens with zero attached hydrogens (tertiary/aromatic N) is 3. The summed E-state index contributed by atoms with van der Waals surface area (Å²) in [4.78, 5) is 69.8. The number of ether oxygens (including phenoxy) is 1. The second-order valence-electron chi connectivity index (χ2n) is 25.9. The Morgan fingerprint density at radius 1 is 0.623 bits per heavy atom. The minimum atomic E-state index is -0.225. The van der Waals surface area contributed by atoms with Crippen molar-refractivity contribution in [2.45, 2.75) is 210 Å². The number of nitrogens with two attached hydrogens (primary N) is 2. The van der Waals surface area contributed by atoms with Crippen molar-refractivity contribution in [3.63, 3.8) is 0 Å². The van der Waals surface area contributed by atoms with Gasteiger partial charge in [-0.1, -0.05) is 132 Å². The van der Waals surface area contributed by atoms with Crippen molar-refractivity contribution in [3.05, 3.63) is 0 Å². The highest BCUT2D eigenvalue weighted by Gasteiger charge is 2.30. The molecule has 410 valence electrons. The van der Waals surface area contributed by atoms with E-state index in [0.29, 0.717) is 31.1 Å². The maximum Gasteiger partial charge on any atom is 0.222 e. The second-order valence-corrected chi connectivity index (χ2v) is 25.9. The van der Waals surface area contributed by atoms with Crippen LogP contribution in [0.3, 0.4) is 0 Å². The molecule has 3 aliphatic rings. The predicted molar refractivity (Wildman–Crippen MR) is 290 cm³/mol. The van der Waals surface area contributed by atoms with Crippen LogP contribution in [0.4, 0.5) is 0 Å². The van der Waals surface area contributed by atoms with E-state index in [0.717, 1.165) is 75.4 Å². The first kappa shape index (κ1) is 72.3. The molecule has 13 heteroatoms. The largest absolute Gasteiger partial charge is 0.381 e. The van der Waals surface area contributed by atoms with Crippen molar-refractivity contribution >= 4 is 35.4 Å². The summed E-state index contributed by atoms with van der Waals surface area (Å²) in [5.41, 5.74) is 11.0. The summed E-state index contributed by atoms with van der Waals surface area (Å²) in [6, 6.07) is 0. The monoisotopic (exact) mass is 983 g/mol. The van der Waals surface area contributed by atoms with E-state index in [1.165, 1.54) is 32.1 Å². The first-order chi connectivity index (χ1) is 31.0. The molecule has 69 heavy (non-hydrogen) atoms. The molecule has 0 aromatic heterocycles. The van der Waals surface area contributed by atoms with E-state index >= 15 is 0 Å². The smallest absolute Gasteiger partial charge is 0.222 e. The van der Waals surface area contributed by atoms with Gasteiger partial charge in [0.05, 0.1) is 0 Å². The van der Waals surface area contributed by atoms with Gasteiger partial charge in [0.25, 0.3) is 0 Å². The van der Waals surface area contributed by atoms with Crippen LogP contribution in [0.25, 0.3) is 0 Å². The van der Waals surface area contributed by atoms with Crippen LogP contribution in [0.1, 0.15) is 210 Å². The van der Waals surface area contributed by atoms with Crippen LogP contribution in [0.2, 0.25) is 0 Å². The van der Waals surface area contributed by atoms with Crippen molar-refractivity contribution in [2.75, 3.05) is 60.5 Å². The van der Waals surface area contributed by atoms with E-state index in [4.69, 9.17) is 16.2 Å². The van der Waals surface area contributed by atoms with Crippen LogP contribution in [0.5, 0.6) is 0 Å². The van der Waals surface area contributed by atoms with Gasteiger partial charge in [0.1, 0.15) is 0 Å². The van der Waals surface area contributed by atoms with E-state index in [2.05, 4.69) is 95.3 Å². The minimum absolute atomic E-state index is 0.0475. The maximum absolute atomic E-state index is 11.1. The third kappa shape index (κ3) is 45.7. The minimum Gasteiger partial charge on any atom is -0.381 e. The van der Waals surface area contributed by atoms with Crippen molar-refractivity contribution in [1.82, 2.24) is 20.0 Å². The molecule has 0 bridgehead atoms. The molecule has 3 saturated heterocycles. The summed E-state index contributed by atoms with van der Waals surface area (Å²) in [7, 11) is 5.23. The fraction of sp³-hybridized carbons (Fsp3) is 0.893. The van der Waals surface area contributed by atoms with E-state index in [-0.39, 0.29) is 57.1 Å². The third-order valence-corrected chi connectivity index (χ3v) is 12.5. The zero-order chi connectivity index (χ0) is 55.3. The first-order valence-corrected chi connectivity index (χ1v) is 26.0. The summed E-state index contributed by atoms with van der Waals surface area (Å²) < 4.78 is 5.32. The molecule has 0 aliphatic carbocycles. The van der Waals surface area contributed by atoms with Crippen LogP contribution in [0.15, 0.2) is 0 Å². The van der Waals surface area contributed by atoms with E-state index < -0.39 is 0 Å². The zero-order valence-electron chi connectivity index (χ0n) is 49.6. The Labute approximate surface area is 425 Å². The van der Waals surface area contributed by atoms with Crippen LogP contribution >= 0.6 is 0 Å². The number of carbonyl (C=O) groups is 6. The molecule has 1 unspecified atom stereocenters. The van der Waals surface area contributed by atoms with Gasteiger partial charge in [0.15, 0.2) is 0 Å². The van der Waals surface area contributed by atoms with E-state index in [1.54, 1.807) is 39.9 Å². The summed E-state index contributed by atoms with van der Waals surface area (Å²) in [5, 5.41) is 2.58. The molecule has 6 amide bonds. The molecule has 3 rings (SSSR count). The lowest BCUT2D eigenvalue weighted by Crippen LogP contribution is -2.38. The number of nitrogens with one attached hydrogen (secondary N) is 1. The topological polar surface area (TPSA) is 185 Å². The normalized spacial score (nSPS) is 17.0. The quantitative estimate of drug-likeness (QED) is 0.216.